The van der Waals surface area contributed by atoms with Crippen molar-refractivity contribution >= 4 is 18.3 Å². The summed E-state index contributed by atoms with van der Waals surface area (Å²) in [7, 11) is 0. The van der Waals surface area contributed by atoms with E-state index in [-0.39, 0.29) is 24.1 Å². The fraction of sp³-hybridized carbons (Fsp3) is 0.350. The number of hydrogen-bond acceptors (Lipinski definition) is 4. The lowest BCUT2D eigenvalue weighted by atomic mass is 10.2. The van der Waals surface area contributed by atoms with E-state index >= 15 is 0 Å². The van der Waals surface area contributed by atoms with Gasteiger partial charge in [0.05, 0.1) is 0 Å². The first-order chi connectivity index (χ1) is 13.1. The van der Waals surface area contributed by atoms with Crippen LogP contribution in [0.3, 0.4) is 0 Å². The highest BCUT2D eigenvalue weighted by molar-refractivity contribution is 5.94. The third kappa shape index (κ3) is 6.44. The maximum atomic E-state index is 13.2. The Bertz CT molecular complexity index is 769. The second-order valence-corrected chi connectivity index (χ2v) is 6.40. The predicted molar refractivity (Wildman–Crippen MR) is 106 cm³/mol. The molecule has 1 heterocycles. The first-order valence-corrected chi connectivity index (χ1v) is 9.06. The van der Waals surface area contributed by atoms with Gasteiger partial charge in [-0.3, -0.25) is 4.79 Å². The van der Waals surface area contributed by atoms with E-state index in [2.05, 4.69) is 15.5 Å². The number of rotatable bonds is 7. The van der Waals surface area contributed by atoms with E-state index in [1.807, 2.05) is 0 Å². The van der Waals surface area contributed by atoms with Gasteiger partial charge in [0.1, 0.15) is 11.5 Å². The number of benzene rings is 2. The van der Waals surface area contributed by atoms with E-state index in [0.717, 1.165) is 51.3 Å². The average molecular weight is 412 g/mol. The van der Waals surface area contributed by atoms with Gasteiger partial charge < -0.3 is 20.3 Å². The number of ether oxygens (including phenoxy) is 1. The van der Waals surface area contributed by atoms with Gasteiger partial charge in [-0.15, -0.1) is 12.4 Å². The lowest BCUT2D eigenvalue weighted by Gasteiger charge is -2.27. The number of carbonyl (C=O) groups is 1. The normalized spacial score (nSPS) is 14.2. The van der Waals surface area contributed by atoms with Crippen LogP contribution in [0.15, 0.2) is 42.5 Å². The number of carbonyl (C=O) groups excluding carboxylic acids is 1. The number of hydrogen-bond donors (Lipinski definition) is 2. The van der Waals surface area contributed by atoms with Gasteiger partial charge in [0.15, 0.2) is 11.6 Å². The van der Waals surface area contributed by atoms with Crippen molar-refractivity contribution in [2.24, 2.45) is 0 Å². The molecule has 0 atom stereocenters. The highest BCUT2D eigenvalue weighted by Crippen LogP contribution is 2.23. The van der Waals surface area contributed by atoms with Crippen molar-refractivity contribution in [1.82, 2.24) is 15.5 Å². The molecule has 1 amide bonds. The molecule has 1 saturated heterocycles. The van der Waals surface area contributed by atoms with Crippen LogP contribution in [0.1, 0.15) is 16.8 Å². The Morgan fingerprint density at radius 1 is 1.04 bits per heavy atom. The second-order valence-electron chi connectivity index (χ2n) is 6.40. The molecule has 2 N–H and O–H groups in total. The van der Waals surface area contributed by atoms with E-state index in [1.165, 1.54) is 6.07 Å². The summed E-state index contributed by atoms with van der Waals surface area (Å²) in [5, 5.41) is 6.22. The van der Waals surface area contributed by atoms with Crippen LogP contribution in [0.4, 0.5) is 8.78 Å². The second kappa shape index (κ2) is 10.9. The lowest BCUT2D eigenvalue weighted by Crippen LogP contribution is -2.44. The van der Waals surface area contributed by atoms with Crippen molar-refractivity contribution in [3.63, 3.8) is 0 Å². The first kappa shape index (κ1) is 22.1. The fourth-order valence-electron chi connectivity index (χ4n) is 2.89. The molecule has 1 aliphatic heterocycles. The molecule has 2 aromatic carbocycles. The van der Waals surface area contributed by atoms with E-state index in [9.17, 15) is 13.6 Å². The topological polar surface area (TPSA) is 53.6 Å². The molecule has 8 heteroatoms. The summed E-state index contributed by atoms with van der Waals surface area (Å²) in [4.78, 5) is 14.6. The van der Waals surface area contributed by atoms with Gasteiger partial charge in [-0.2, -0.15) is 0 Å². The summed E-state index contributed by atoms with van der Waals surface area (Å²) < 4.78 is 31.6. The Morgan fingerprint density at radius 3 is 2.39 bits per heavy atom. The van der Waals surface area contributed by atoms with Gasteiger partial charge in [-0.05, 0) is 49.4 Å². The van der Waals surface area contributed by atoms with Crippen LogP contribution in [0.25, 0.3) is 0 Å². The zero-order valence-corrected chi connectivity index (χ0v) is 16.2. The maximum absolute atomic E-state index is 13.2. The van der Waals surface area contributed by atoms with Crippen molar-refractivity contribution in [3.8, 4) is 11.5 Å². The molecule has 2 aromatic rings. The van der Waals surface area contributed by atoms with Gasteiger partial charge in [0, 0.05) is 44.4 Å². The Kier molecular flexibility index (Phi) is 8.63. The summed E-state index contributed by atoms with van der Waals surface area (Å²) >= 11 is 0. The lowest BCUT2D eigenvalue weighted by molar-refractivity contribution is 0.0951. The van der Waals surface area contributed by atoms with Crippen LogP contribution in [0, 0.1) is 11.6 Å². The minimum Gasteiger partial charge on any atom is -0.457 e. The number of nitrogens with one attached hydrogen (secondary N) is 2. The summed E-state index contributed by atoms with van der Waals surface area (Å²) in [6.45, 7) is 5.73. The smallest absolute Gasteiger partial charge is 0.251 e. The quantitative estimate of drug-likeness (QED) is 0.687. The van der Waals surface area contributed by atoms with Gasteiger partial charge in [-0.25, -0.2) is 8.78 Å². The summed E-state index contributed by atoms with van der Waals surface area (Å²) in [5.41, 5.74) is 0.523. The van der Waals surface area contributed by atoms with Gasteiger partial charge in [0.25, 0.3) is 5.91 Å². The standard InChI is InChI=1S/C20H23F2N3O2.ClH/c21-18-7-6-17(14-19(18)22)27-16-4-2-15(3-5-16)20(26)24-8-1-11-25-12-9-23-10-13-25;/h2-7,14,23H,1,8-13H2,(H,24,26);1H. The Morgan fingerprint density at radius 2 is 1.71 bits per heavy atom. The zero-order chi connectivity index (χ0) is 19.1. The largest absolute Gasteiger partial charge is 0.457 e. The highest BCUT2D eigenvalue weighted by Gasteiger charge is 2.10. The summed E-state index contributed by atoms with van der Waals surface area (Å²) in [5.74, 6) is -1.40. The van der Waals surface area contributed by atoms with Crippen LogP contribution < -0.4 is 15.4 Å². The van der Waals surface area contributed by atoms with Crippen LogP contribution in [0.2, 0.25) is 0 Å². The van der Waals surface area contributed by atoms with Crippen molar-refractivity contribution in [2.75, 3.05) is 39.3 Å². The molecule has 28 heavy (non-hydrogen) atoms. The molecule has 5 nitrogen and oxygen atoms in total. The molecular weight excluding hydrogens is 388 g/mol. The molecule has 1 aliphatic rings. The number of piperazine rings is 1. The zero-order valence-electron chi connectivity index (χ0n) is 15.4. The molecule has 3 rings (SSSR count). The molecule has 0 bridgehead atoms. The SMILES string of the molecule is Cl.O=C(NCCCN1CCNCC1)c1ccc(Oc2ccc(F)c(F)c2)cc1. The Labute approximate surface area is 169 Å². The minimum absolute atomic E-state index is 0. The van der Waals surface area contributed by atoms with Crippen molar-refractivity contribution in [1.29, 1.82) is 0 Å². The van der Waals surface area contributed by atoms with Gasteiger partial charge in [0.2, 0.25) is 0 Å². The predicted octanol–water partition coefficient (Wildman–Crippen LogP) is 3.20. The Hall–Kier alpha value is -2.22. The van der Waals surface area contributed by atoms with Crippen molar-refractivity contribution < 1.29 is 18.3 Å². The molecule has 0 spiro atoms. The molecule has 152 valence electrons. The molecule has 0 aromatic heterocycles. The molecular formula is C20H24ClF2N3O2. The number of halogens is 3. The van der Waals surface area contributed by atoms with Crippen LogP contribution >= 0.6 is 12.4 Å². The Balaban J connectivity index is 0.00000280. The molecule has 0 unspecified atom stereocenters. The molecule has 0 aliphatic carbocycles. The average Bonchev–Trinajstić information content (AvgIpc) is 2.69. The first-order valence-electron chi connectivity index (χ1n) is 9.06. The van der Waals surface area contributed by atoms with E-state index in [1.54, 1.807) is 24.3 Å². The third-order valence-corrected chi connectivity index (χ3v) is 4.39. The summed E-state index contributed by atoms with van der Waals surface area (Å²) in [6.07, 6.45) is 0.906. The number of amides is 1. The molecule has 0 saturated carbocycles. The third-order valence-electron chi connectivity index (χ3n) is 4.39. The van der Waals surface area contributed by atoms with Crippen molar-refractivity contribution in [3.05, 3.63) is 59.7 Å². The van der Waals surface area contributed by atoms with Crippen LogP contribution in [0.5, 0.6) is 11.5 Å². The fourth-order valence-corrected chi connectivity index (χ4v) is 2.89. The van der Waals surface area contributed by atoms with Gasteiger partial charge in [-0.1, -0.05) is 0 Å². The van der Waals surface area contributed by atoms with Crippen molar-refractivity contribution in [2.45, 2.75) is 6.42 Å². The minimum atomic E-state index is -0.968. The monoisotopic (exact) mass is 411 g/mol. The van der Waals surface area contributed by atoms with Crippen LogP contribution in [-0.2, 0) is 0 Å². The van der Waals surface area contributed by atoms with E-state index in [0.29, 0.717) is 17.9 Å². The van der Waals surface area contributed by atoms with Gasteiger partial charge >= 0.3 is 0 Å². The summed E-state index contributed by atoms with van der Waals surface area (Å²) in [6, 6.07) is 9.86. The molecule has 0 radical (unpaired) electrons. The maximum Gasteiger partial charge on any atom is 0.251 e. The van der Waals surface area contributed by atoms with Crippen LogP contribution in [-0.4, -0.2) is 50.1 Å². The number of nitrogens with zero attached hydrogens (tertiary/aromatic N) is 1. The van der Waals surface area contributed by atoms with E-state index < -0.39 is 11.6 Å². The molecule has 1 fully saturated rings. The highest BCUT2D eigenvalue weighted by atomic mass is 35.5. The van der Waals surface area contributed by atoms with E-state index in [4.69, 9.17) is 4.74 Å².